The molecule has 4 aromatic rings. The fraction of sp³-hybridized carbons (Fsp3) is 0.208. The van der Waals surface area contributed by atoms with E-state index in [1.54, 1.807) is 12.1 Å². The zero-order valence-electron chi connectivity index (χ0n) is 16.7. The van der Waals surface area contributed by atoms with Crippen LogP contribution < -0.4 is 4.74 Å². The van der Waals surface area contributed by atoms with Gasteiger partial charge in [0.25, 0.3) is 0 Å². The van der Waals surface area contributed by atoms with Crippen molar-refractivity contribution in [2.24, 2.45) is 0 Å². The Hall–Kier alpha value is -2.49. The lowest BCUT2D eigenvalue weighted by atomic mass is 10.1. The van der Waals surface area contributed by atoms with Crippen LogP contribution in [0.4, 0.5) is 0 Å². The minimum atomic E-state index is 0.353. The molecule has 0 amide bonds. The highest BCUT2D eigenvalue weighted by Gasteiger charge is 2.16. The first-order valence-corrected chi connectivity index (χ1v) is 10.3. The highest BCUT2D eigenvalue weighted by Crippen LogP contribution is 2.30. The van der Waals surface area contributed by atoms with E-state index in [-0.39, 0.29) is 0 Å². The molecule has 0 N–H and O–H groups in total. The van der Waals surface area contributed by atoms with Crippen molar-refractivity contribution in [3.8, 4) is 5.75 Å². The largest absolute Gasteiger partial charge is 0.487 e. The van der Waals surface area contributed by atoms with E-state index in [0.717, 1.165) is 17.8 Å². The van der Waals surface area contributed by atoms with Gasteiger partial charge in [-0.05, 0) is 50.1 Å². The van der Waals surface area contributed by atoms with Crippen LogP contribution in [-0.2, 0) is 13.2 Å². The lowest BCUT2D eigenvalue weighted by Gasteiger charge is -2.13. The van der Waals surface area contributed by atoms with Crippen LogP contribution in [0, 0.1) is 20.8 Å². The van der Waals surface area contributed by atoms with E-state index in [0.29, 0.717) is 22.4 Å². The molecule has 0 fully saturated rings. The van der Waals surface area contributed by atoms with E-state index in [2.05, 4.69) is 60.7 Å². The number of hydrogen-bond donors (Lipinski definition) is 0. The van der Waals surface area contributed by atoms with E-state index in [1.165, 1.54) is 27.8 Å². The van der Waals surface area contributed by atoms with Crippen molar-refractivity contribution in [1.82, 2.24) is 9.55 Å². The van der Waals surface area contributed by atoms with Gasteiger partial charge in [-0.3, -0.25) is 4.98 Å². The molecule has 0 radical (unpaired) electrons. The second kappa shape index (κ2) is 8.10. The van der Waals surface area contributed by atoms with Gasteiger partial charge < -0.3 is 9.30 Å². The zero-order valence-corrected chi connectivity index (χ0v) is 18.2. The van der Waals surface area contributed by atoms with Gasteiger partial charge in [0.05, 0.1) is 15.6 Å². The molecule has 0 saturated carbocycles. The van der Waals surface area contributed by atoms with E-state index in [1.807, 2.05) is 12.3 Å². The van der Waals surface area contributed by atoms with E-state index < -0.39 is 0 Å². The van der Waals surface area contributed by atoms with Crippen LogP contribution in [-0.4, -0.2) is 9.55 Å². The Morgan fingerprint density at radius 2 is 1.69 bits per heavy atom. The Labute approximate surface area is 180 Å². The van der Waals surface area contributed by atoms with Crippen LogP contribution in [0.2, 0.25) is 10.0 Å². The van der Waals surface area contributed by atoms with Crippen LogP contribution in [0.1, 0.15) is 28.1 Å². The Morgan fingerprint density at radius 3 is 2.41 bits per heavy atom. The number of halogens is 2. The van der Waals surface area contributed by atoms with Crippen molar-refractivity contribution in [3.63, 3.8) is 0 Å². The molecule has 0 unspecified atom stereocenters. The minimum absolute atomic E-state index is 0.353. The highest BCUT2D eigenvalue weighted by atomic mass is 35.5. The Bertz CT molecular complexity index is 1180. The smallest absolute Gasteiger partial charge is 0.132 e. The zero-order chi connectivity index (χ0) is 20.5. The summed E-state index contributed by atoms with van der Waals surface area (Å²) in [6.45, 7) is 7.57. The summed E-state index contributed by atoms with van der Waals surface area (Å²) in [7, 11) is 0. The summed E-state index contributed by atoms with van der Waals surface area (Å²) in [6, 6.07) is 16.0. The molecule has 0 atom stereocenters. The number of nitrogens with zero attached hydrogens (tertiary/aromatic N) is 2. The van der Waals surface area contributed by atoms with E-state index in [4.69, 9.17) is 27.9 Å². The summed E-state index contributed by atoms with van der Waals surface area (Å²) in [6.07, 6.45) is 1.85. The van der Waals surface area contributed by atoms with Crippen LogP contribution in [0.3, 0.4) is 0 Å². The van der Waals surface area contributed by atoms with E-state index in [9.17, 15) is 0 Å². The summed E-state index contributed by atoms with van der Waals surface area (Å²) >= 11 is 12.1. The molecule has 4 rings (SSSR count). The van der Waals surface area contributed by atoms with Crippen LogP contribution in [0.5, 0.6) is 5.75 Å². The molecule has 5 heteroatoms. The van der Waals surface area contributed by atoms with Crippen molar-refractivity contribution in [2.45, 2.75) is 33.9 Å². The molecule has 2 heterocycles. The van der Waals surface area contributed by atoms with Crippen molar-refractivity contribution < 1.29 is 4.74 Å². The Morgan fingerprint density at radius 1 is 0.931 bits per heavy atom. The van der Waals surface area contributed by atoms with Gasteiger partial charge >= 0.3 is 0 Å². The number of fused-ring (bicyclic) bond motifs is 1. The maximum atomic E-state index is 6.11. The van der Waals surface area contributed by atoms with Gasteiger partial charge in [-0.1, -0.05) is 53.0 Å². The number of ether oxygens (including phenoxy) is 1. The third kappa shape index (κ3) is 3.98. The minimum Gasteiger partial charge on any atom is -0.487 e. The molecule has 3 nitrogen and oxygen atoms in total. The Kier molecular flexibility index (Phi) is 5.53. The standard InChI is InChI=1S/C24H22Cl2N2O/c1-15-4-6-18(7-5-15)13-28-17(3)16(2)20-10-11-27-23(24(20)28)14-29-19-8-9-21(25)22(26)12-19/h4-12H,13-14H2,1-3H3. The predicted octanol–water partition coefficient (Wildman–Crippen LogP) is 6.90. The quantitative estimate of drug-likeness (QED) is 0.348. The van der Waals surface area contributed by atoms with Gasteiger partial charge in [0.1, 0.15) is 18.1 Å². The van der Waals surface area contributed by atoms with Gasteiger partial charge in [0.2, 0.25) is 0 Å². The molecule has 2 aromatic heterocycles. The number of pyridine rings is 1. The predicted molar refractivity (Wildman–Crippen MR) is 120 cm³/mol. The molecule has 2 aromatic carbocycles. The number of aryl methyl sites for hydroxylation is 2. The molecule has 0 bridgehead atoms. The molecule has 0 saturated heterocycles. The molecule has 0 aliphatic heterocycles. The highest BCUT2D eigenvalue weighted by molar-refractivity contribution is 6.42. The average molecular weight is 425 g/mol. The third-order valence-corrected chi connectivity index (χ3v) is 6.09. The first-order chi connectivity index (χ1) is 13.9. The van der Waals surface area contributed by atoms with Crippen molar-refractivity contribution in [3.05, 3.63) is 92.9 Å². The normalized spacial score (nSPS) is 11.2. The summed E-state index contributed by atoms with van der Waals surface area (Å²) < 4.78 is 8.32. The van der Waals surface area contributed by atoms with Crippen LogP contribution >= 0.6 is 23.2 Å². The fourth-order valence-electron chi connectivity index (χ4n) is 3.56. The number of benzene rings is 2. The summed E-state index contributed by atoms with van der Waals surface area (Å²) in [5.74, 6) is 0.670. The first-order valence-electron chi connectivity index (χ1n) is 9.50. The van der Waals surface area contributed by atoms with Crippen molar-refractivity contribution in [2.75, 3.05) is 0 Å². The molecular weight excluding hydrogens is 403 g/mol. The number of aromatic nitrogens is 2. The van der Waals surface area contributed by atoms with E-state index >= 15 is 0 Å². The first kappa shape index (κ1) is 19.8. The molecule has 148 valence electrons. The number of rotatable bonds is 5. The van der Waals surface area contributed by atoms with Gasteiger partial charge in [0.15, 0.2) is 0 Å². The third-order valence-electron chi connectivity index (χ3n) is 5.35. The Balaban J connectivity index is 1.71. The average Bonchev–Trinajstić information content (AvgIpc) is 2.96. The molecule has 0 aliphatic carbocycles. The molecule has 0 aliphatic rings. The van der Waals surface area contributed by atoms with Gasteiger partial charge in [-0.2, -0.15) is 0 Å². The van der Waals surface area contributed by atoms with Crippen LogP contribution in [0.15, 0.2) is 54.7 Å². The summed E-state index contributed by atoms with van der Waals surface area (Å²) in [4.78, 5) is 4.63. The van der Waals surface area contributed by atoms with Gasteiger partial charge in [0, 0.05) is 29.9 Å². The molecule has 0 spiro atoms. The molecular formula is C24H22Cl2N2O. The lowest BCUT2D eigenvalue weighted by molar-refractivity contribution is 0.302. The van der Waals surface area contributed by atoms with Crippen molar-refractivity contribution in [1.29, 1.82) is 0 Å². The monoisotopic (exact) mass is 424 g/mol. The fourth-order valence-corrected chi connectivity index (χ4v) is 3.85. The number of hydrogen-bond acceptors (Lipinski definition) is 2. The second-order valence-corrected chi connectivity index (χ2v) is 8.11. The van der Waals surface area contributed by atoms with Gasteiger partial charge in [-0.15, -0.1) is 0 Å². The van der Waals surface area contributed by atoms with Crippen LogP contribution in [0.25, 0.3) is 10.9 Å². The maximum absolute atomic E-state index is 6.11. The van der Waals surface area contributed by atoms with Gasteiger partial charge in [-0.25, -0.2) is 0 Å². The second-order valence-electron chi connectivity index (χ2n) is 7.30. The SMILES string of the molecule is Cc1ccc(Cn2c(C)c(C)c3ccnc(COc4ccc(Cl)c(Cl)c4)c32)cc1. The summed E-state index contributed by atoms with van der Waals surface area (Å²) in [5, 5.41) is 2.19. The maximum Gasteiger partial charge on any atom is 0.132 e. The summed E-state index contributed by atoms with van der Waals surface area (Å²) in [5.41, 5.74) is 7.04. The van der Waals surface area contributed by atoms with Crippen molar-refractivity contribution >= 4 is 34.1 Å². The topological polar surface area (TPSA) is 27.1 Å². The molecule has 29 heavy (non-hydrogen) atoms. The lowest BCUT2D eigenvalue weighted by Crippen LogP contribution is -2.06.